The van der Waals surface area contributed by atoms with Crippen LogP contribution in [0.4, 0.5) is 5.69 Å². The zero-order chi connectivity index (χ0) is 18.1. The van der Waals surface area contributed by atoms with Gasteiger partial charge in [-0.1, -0.05) is 59.6 Å². The quantitative estimate of drug-likeness (QED) is 0.476. The topological polar surface area (TPSA) is 46.9 Å². The molecular formula is C19H13Cl2N3OS. The third-order valence-electron chi connectivity index (χ3n) is 3.92. The summed E-state index contributed by atoms with van der Waals surface area (Å²) < 4.78 is 2.71. The summed E-state index contributed by atoms with van der Waals surface area (Å²) in [5.74, 6) is -0.242. The van der Waals surface area contributed by atoms with Gasteiger partial charge in [0.1, 0.15) is 4.88 Å². The lowest BCUT2D eigenvalue weighted by molar-refractivity contribution is 0.103. The number of thiophene rings is 1. The molecule has 0 atom stereocenters. The standard InChI is InChI=1S/C19H13Cl2N3OS/c20-15-7-3-1-5-12(15)10-24-11-13(9-22-24)23-19(25)18-17(21)14-6-2-4-8-16(14)26-18/h1-9,11H,10H2,(H,23,25). The maximum Gasteiger partial charge on any atom is 0.267 e. The third-order valence-corrected chi connectivity index (χ3v) is 5.97. The number of hydrogen-bond acceptors (Lipinski definition) is 3. The fourth-order valence-electron chi connectivity index (χ4n) is 2.66. The Bertz CT molecular complexity index is 1100. The number of carbonyl (C=O) groups is 1. The lowest BCUT2D eigenvalue weighted by Gasteiger charge is -2.04. The van der Waals surface area contributed by atoms with Gasteiger partial charge in [-0.05, 0) is 17.7 Å². The minimum absolute atomic E-state index is 0.242. The van der Waals surface area contributed by atoms with Gasteiger partial charge in [0.2, 0.25) is 0 Å². The summed E-state index contributed by atoms with van der Waals surface area (Å²) >= 11 is 13.9. The van der Waals surface area contributed by atoms with Crippen LogP contribution in [0.3, 0.4) is 0 Å². The highest BCUT2D eigenvalue weighted by molar-refractivity contribution is 7.21. The van der Waals surface area contributed by atoms with Gasteiger partial charge in [0.15, 0.2) is 0 Å². The van der Waals surface area contributed by atoms with Crippen molar-refractivity contribution in [3.05, 3.63) is 81.4 Å². The molecule has 0 spiro atoms. The Morgan fingerprint density at radius 3 is 2.69 bits per heavy atom. The zero-order valence-electron chi connectivity index (χ0n) is 13.4. The highest BCUT2D eigenvalue weighted by Crippen LogP contribution is 2.35. The van der Waals surface area contributed by atoms with E-state index in [0.717, 1.165) is 15.6 Å². The number of fused-ring (bicyclic) bond motifs is 1. The van der Waals surface area contributed by atoms with Crippen LogP contribution in [-0.4, -0.2) is 15.7 Å². The molecule has 2 aromatic heterocycles. The number of amides is 1. The van der Waals surface area contributed by atoms with Crippen LogP contribution < -0.4 is 5.32 Å². The Hall–Kier alpha value is -2.34. The van der Waals surface area contributed by atoms with E-state index in [-0.39, 0.29) is 5.91 Å². The molecule has 1 N–H and O–H groups in total. The molecule has 7 heteroatoms. The molecule has 0 aliphatic rings. The summed E-state index contributed by atoms with van der Waals surface area (Å²) in [5.41, 5.74) is 1.57. The molecular weight excluding hydrogens is 389 g/mol. The van der Waals surface area contributed by atoms with Gasteiger partial charge in [0.25, 0.3) is 5.91 Å². The van der Waals surface area contributed by atoms with Gasteiger partial charge in [-0.3, -0.25) is 9.48 Å². The monoisotopic (exact) mass is 401 g/mol. The fourth-order valence-corrected chi connectivity index (χ4v) is 4.27. The summed E-state index contributed by atoms with van der Waals surface area (Å²) in [6.07, 6.45) is 3.37. The van der Waals surface area contributed by atoms with Crippen molar-refractivity contribution in [2.75, 3.05) is 5.32 Å². The number of hydrogen-bond donors (Lipinski definition) is 1. The lowest BCUT2D eigenvalue weighted by Crippen LogP contribution is -2.10. The van der Waals surface area contributed by atoms with E-state index in [9.17, 15) is 4.79 Å². The first-order valence-corrected chi connectivity index (χ1v) is 9.43. The maximum absolute atomic E-state index is 12.6. The predicted molar refractivity (Wildman–Crippen MR) is 108 cm³/mol. The molecule has 4 rings (SSSR count). The average molecular weight is 402 g/mol. The summed E-state index contributed by atoms with van der Waals surface area (Å²) in [4.78, 5) is 13.1. The second kappa shape index (κ2) is 7.11. The molecule has 2 heterocycles. The van der Waals surface area contributed by atoms with Crippen molar-refractivity contribution in [1.82, 2.24) is 9.78 Å². The molecule has 0 bridgehead atoms. The number of nitrogens with one attached hydrogen (secondary N) is 1. The van der Waals surface area contributed by atoms with E-state index in [2.05, 4.69) is 10.4 Å². The highest BCUT2D eigenvalue weighted by Gasteiger charge is 2.17. The summed E-state index contributed by atoms with van der Waals surface area (Å²) in [7, 11) is 0. The second-order valence-corrected chi connectivity index (χ2v) is 7.55. The lowest BCUT2D eigenvalue weighted by atomic mass is 10.2. The Morgan fingerprint density at radius 2 is 1.88 bits per heavy atom. The zero-order valence-corrected chi connectivity index (χ0v) is 15.8. The number of carbonyl (C=O) groups excluding carboxylic acids is 1. The normalized spacial score (nSPS) is 11.0. The van der Waals surface area contributed by atoms with Crippen molar-refractivity contribution in [1.29, 1.82) is 0 Å². The molecule has 0 radical (unpaired) electrons. The van der Waals surface area contributed by atoms with E-state index in [0.29, 0.717) is 27.2 Å². The number of anilines is 1. The molecule has 1 amide bonds. The van der Waals surface area contributed by atoms with Gasteiger partial charge in [-0.25, -0.2) is 0 Å². The van der Waals surface area contributed by atoms with Crippen LogP contribution in [0.25, 0.3) is 10.1 Å². The third kappa shape index (κ3) is 3.33. The molecule has 26 heavy (non-hydrogen) atoms. The number of rotatable bonds is 4. The Labute approximate surface area is 164 Å². The minimum atomic E-state index is -0.242. The molecule has 0 fully saturated rings. The van der Waals surface area contributed by atoms with E-state index in [1.807, 2.05) is 48.5 Å². The van der Waals surface area contributed by atoms with E-state index >= 15 is 0 Å². The first-order valence-electron chi connectivity index (χ1n) is 7.86. The van der Waals surface area contributed by atoms with Gasteiger partial charge in [0.05, 0.1) is 23.5 Å². The number of benzene rings is 2. The second-order valence-electron chi connectivity index (χ2n) is 5.71. The molecule has 0 aliphatic carbocycles. The summed E-state index contributed by atoms with van der Waals surface area (Å²) in [5, 5.41) is 9.18. The maximum atomic E-state index is 12.6. The van der Waals surface area contributed by atoms with Crippen LogP contribution >= 0.6 is 34.5 Å². The van der Waals surface area contributed by atoms with Crippen LogP contribution in [0.15, 0.2) is 60.9 Å². The van der Waals surface area contributed by atoms with Crippen molar-refractivity contribution in [3.8, 4) is 0 Å². The largest absolute Gasteiger partial charge is 0.319 e. The Balaban J connectivity index is 1.52. The van der Waals surface area contributed by atoms with Gasteiger partial charge in [-0.15, -0.1) is 11.3 Å². The van der Waals surface area contributed by atoms with E-state index in [4.69, 9.17) is 23.2 Å². The molecule has 0 saturated carbocycles. The first kappa shape index (κ1) is 17.1. The minimum Gasteiger partial charge on any atom is -0.319 e. The molecule has 0 aliphatic heterocycles. The summed E-state index contributed by atoms with van der Waals surface area (Å²) in [6, 6.07) is 15.3. The van der Waals surface area contributed by atoms with Crippen molar-refractivity contribution < 1.29 is 4.79 Å². The van der Waals surface area contributed by atoms with Crippen LogP contribution in [0.1, 0.15) is 15.2 Å². The first-order chi connectivity index (χ1) is 12.6. The van der Waals surface area contributed by atoms with Gasteiger partial charge in [0, 0.05) is 21.3 Å². The van der Waals surface area contributed by atoms with Crippen molar-refractivity contribution in [2.45, 2.75) is 6.54 Å². The molecule has 0 saturated heterocycles. The summed E-state index contributed by atoms with van der Waals surface area (Å²) in [6.45, 7) is 0.527. The smallest absolute Gasteiger partial charge is 0.267 e. The SMILES string of the molecule is O=C(Nc1cnn(Cc2ccccc2Cl)c1)c1sc2ccccc2c1Cl. The van der Waals surface area contributed by atoms with Gasteiger partial charge >= 0.3 is 0 Å². The van der Waals surface area contributed by atoms with E-state index in [1.165, 1.54) is 11.3 Å². The van der Waals surface area contributed by atoms with Crippen LogP contribution in [0.2, 0.25) is 10.0 Å². The Morgan fingerprint density at radius 1 is 1.12 bits per heavy atom. The number of nitrogens with zero attached hydrogens (tertiary/aromatic N) is 2. The van der Waals surface area contributed by atoms with Crippen molar-refractivity contribution in [2.24, 2.45) is 0 Å². The van der Waals surface area contributed by atoms with Gasteiger partial charge < -0.3 is 5.32 Å². The van der Waals surface area contributed by atoms with Gasteiger partial charge in [-0.2, -0.15) is 5.10 Å². The molecule has 4 nitrogen and oxygen atoms in total. The van der Waals surface area contributed by atoms with E-state index in [1.54, 1.807) is 17.1 Å². The van der Waals surface area contributed by atoms with Crippen molar-refractivity contribution in [3.63, 3.8) is 0 Å². The van der Waals surface area contributed by atoms with Crippen LogP contribution in [-0.2, 0) is 6.54 Å². The highest BCUT2D eigenvalue weighted by atomic mass is 35.5. The molecule has 130 valence electrons. The van der Waals surface area contributed by atoms with E-state index < -0.39 is 0 Å². The molecule has 4 aromatic rings. The predicted octanol–water partition coefficient (Wildman–Crippen LogP) is 5.71. The number of halogens is 2. The van der Waals surface area contributed by atoms with Crippen molar-refractivity contribution >= 4 is 56.2 Å². The average Bonchev–Trinajstić information content (AvgIpc) is 3.22. The number of aromatic nitrogens is 2. The van der Waals surface area contributed by atoms with Crippen LogP contribution in [0.5, 0.6) is 0 Å². The Kier molecular flexibility index (Phi) is 4.68. The molecule has 0 unspecified atom stereocenters. The van der Waals surface area contributed by atoms with Crippen LogP contribution in [0, 0.1) is 0 Å². The molecule has 2 aromatic carbocycles. The fraction of sp³-hybridized carbons (Fsp3) is 0.0526.